The van der Waals surface area contributed by atoms with Gasteiger partial charge in [-0.15, -0.1) is 0 Å². The van der Waals surface area contributed by atoms with Gasteiger partial charge in [0.2, 0.25) is 0 Å². The van der Waals surface area contributed by atoms with Gasteiger partial charge in [0.25, 0.3) is 0 Å². The monoisotopic (exact) mass is 669 g/mol. The zero-order chi connectivity index (χ0) is 34.2. The Hall–Kier alpha value is -6.59. The van der Waals surface area contributed by atoms with Crippen LogP contribution in [0.1, 0.15) is 40.6 Å². The smallest absolute Gasteiger partial charge is 0.167 e. The van der Waals surface area contributed by atoms with Crippen molar-refractivity contribution in [3.63, 3.8) is 0 Å². The summed E-state index contributed by atoms with van der Waals surface area (Å²) in [6, 6.07) is 44.6. The van der Waals surface area contributed by atoms with Crippen LogP contribution >= 0.6 is 0 Å². The van der Waals surface area contributed by atoms with Crippen LogP contribution in [0.3, 0.4) is 0 Å². The van der Waals surface area contributed by atoms with Crippen molar-refractivity contribution in [3.05, 3.63) is 180 Å². The minimum atomic E-state index is -0.00305. The molecule has 0 radical (unpaired) electrons. The van der Waals surface area contributed by atoms with Crippen molar-refractivity contribution in [1.29, 1.82) is 0 Å². The van der Waals surface area contributed by atoms with Gasteiger partial charge in [-0.2, -0.15) is 0 Å². The molecular weight excluding hydrogens is 639 g/mol. The normalized spacial score (nSPS) is 17.4. The van der Waals surface area contributed by atoms with E-state index in [0.717, 1.165) is 57.6 Å². The Labute approximate surface area is 300 Å². The maximum absolute atomic E-state index is 6.51. The Balaban J connectivity index is 1.05. The summed E-state index contributed by atoms with van der Waals surface area (Å²) in [5.41, 5.74) is 8.50. The zero-order valence-electron chi connectivity index (χ0n) is 28.2. The summed E-state index contributed by atoms with van der Waals surface area (Å²) in [5.74, 6) is 3.83. The summed E-state index contributed by atoms with van der Waals surface area (Å²) in [6.45, 7) is 0. The van der Waals surface area contributed by atoms with Crippen molar-refractivity contribution in [3.8, 4) is 28.5 Å². The number of allylic oxidation sites excluding steroid dienone is 3. The van der Waals surface area contributed by atoms with E-state index in [-0.39, 0.29) is 12.0 Å². The van der Waals surface area contributed by atoms with Crippen molar-refractivity contribution in [2.45, 2.75) is 24.9 Å². The van der Waals surface area contributed by atoms with Gasteiger partial charge in [-0.3, -0.25) is 0 Å². The molecule has 246 valence electrons. The molecule has 3 aliphatic rings. The van der Waals surface area contributed by atoms with Gasteiger partial charge in [0.15, 0.2) is 17.5 Å². The summed E-state index contributed by atoms with van der Waals surface area (Å²) < 4.78 is 12.8. The fourth-order valence-electron chi connectivity index (χ4n) is 8.30. The van der Waals surface area contributed by atoms with Gasteiger partial charge in [0.1, 0.15) is 23.2 Å². The minimum absolute atomic E-state index is 0.00305. The molecule has 0 amide bonds. The van der Waals surface area contributed by atoms with Crippen LogP contribution in [0.5, 0.6) is 5.75 Å². The average molecular weight is 670 g/mol. The standard InChI is InChI=1S/C47H31N3O2/c1-2-10-33-28(9-1)19-20-30-23-26-32(27-39(30)33)46-48-45(49-47(50-46)38-15-7-14-36-35-11-3-5-16-40(35)52-44(36)38)31-24-21-29(22-25-31)34-13-8-18-42-43(34)37-12-4-6-17-41(37)51-42/h1-6,8-13,15-27,42-43H,7,14H2. The van der Waals surface area contributed by atoms with Crippen molar-refractivity contribution in [2.75, 3.05) is 0 Å². The Morgan fingerprint density at radius 2 is 1.29 bits per heavy atom. The lowest BCUT2D eigenvalue weighted by atomic mass is 9.81. The molecule has 5 nitrogen and oxygen atoms in total. The average Bonchev–Trinajstić information content (AvgIpc) is 3.79. The van der Waals surface area contributed by atoms with E-state index in [9.17, 15) is 0 Å². The first kappa shape index (κ1) is 29.2. The van der Waals surface area contributed by atoms with E-state index in [4.69, 9.17) is 24.1 Å². The van der Waals surface area contributed by atoms with E-state index in [0.29, 0.717) is 17.5 Å². The molecule has 1 aliphatic heterocycles. The van der Waals surface area contributed by atoms with E-state index in [1.165, 1.54) is 38.2 Å². The van der Waals surface area contributed by atoms with Crippen LogP contribution < -0.4 is 4.74 Å². The third kappa shape index (κ3) is 4.59. The molecule has 8 aromatic rings. The number of furan rings is 1. The summed E-state index contributed by atoms with van der Waals surface area (Å²) in [7, 11) is 0. The molecule has 52 heavy (non-hydrogen) atoms. The largest absolute Gasteiger partial charge is 0.485 e. The van der Waals surface area contributed by atoms with Gasteiger partial charge in [0.05, 0.1) is 11.5 Å². The second-order valence-electron chi connectivity index (χ2n) is 13.8. The van der Waals surface area contributed by atoms with Crippen molar-refractivity contribution >= 4 is 43.7 Å². The number of rotatable bonds is 4. The number of para-hydroxylation sites is 2. The summed E-state index contributed by atoms with van der Waals surface area (Å²) >= 11 is 0. The second kappa shape index (κ2) is 11.5. The van der Waals surface area contributed by atoms with Crippen LogP contribution in [0.4, 0.5) is 0 Å². The molecule has 2 aliphatic carbocycles. The molecular formula is C47H31N3O2. The fraction of sp³-hybridized carbons (Fsp3) is 0.0851. The number of ether oxygens (including phenoxy) is 1. The third-order valence-electron chi connectivity index (χ3n) is 10.8. The van der Waals surface area contributed by atoms with Gasteiger partial charge < -0.3 is 9.15 Å². The molecule has 0 fully saturated rings. The van der Waals surface area contributed by atoms with Gasteiger partial charge in [-0.05, 0) is 69.8 Å². The van der Waals surface area contributed by atoms with Gasteiger partial charge >= 0.3 is 0 Å². The van der Waals surface area contributed by atoms with Crippen molar-refractivity contribution in [2.24, 2.45) is 0 Å². The zero-order valence-corrected chi connectivity index (χ0v) is 28.2. The highest BCUT2D eigenvalue weighted by atomic mass is 16.5. The molecule has 0 N–H and O–H groups in total. The lowest BCUT2D eigenvalue weighted by molar-refractivity contribution is 0.271. The molecule has 0 saturated carbocycles. The Morgan fingerprint density at radius 3 is 2.19 bits per heavy atom. The van der Waals surface area contributed by atoms with E-state index < -0.39 is 0 Å². The second-order valence-corrected chi connectivity index (χ2v) is 13.8. The lowest BCUT2D eigenvalue weighted by Crippen LogP contribution is -2.19. The van der Waals surface area contributed by atoms with E-state index in [2.05, 4.69) is 133 Å². The number of aromatic nitrogens is 3. The SMILES string of the molecule is C1=CC2Oc3ccccc3C2C(c2ccc(-c3nc(C4=CCCc5c4oc4ccccc54)nc(-c4ccc5ccc6ccccc6c5c4)n3)cc2)=C1. The third-order valence-corrected chi connectivity index (χ3v) is 10.8. The van der Waals surface area contributed by atoms with E-state index in [1.807, 2.05) is 18.2 Å². The maximum Gasteiger partial charge on any atom is 0.167 e. The number of aryl methyl sites for hydroxylation is 1. The number of hydrogen-bond acceptors (Lipinski definition) is 5. The molecule has 2 unspecified atom stereocenters. The number of fused-ring (bicyclic) bond motifs is 9. The number of nitrogens with zero attached hydrogens (tertiary/aromatic N) is 3. The highest BCUT2D eigenvalue weighted by Gasteiger charge is 2.37. The fourth-order valence-corrected chi connectivity index (χ4v) is 8.30. The highest BCUT2D eigenvalue weighted by Crippen LogP contribution is 2.48. The van der Waals surface area contributed by atoms with Gasteiger partial charge in [-0.25, -0.2) is 15.0 Å². The van der Waals surface area contributed by atoms with Gasteiger partial charge in [0, 0.05) is 27.6 Å². The number of hydrogen-bond donors (Lipinski definition) is 0. The Morgan fingerprint density at radius 1 is 0.596 bits per heavy atom. The minimum Gasteiger partial charge on any atom is -0.485 e. The summed E-state index contributed by atoms with van der Waals surface area (Å²) in [6.07, 6.45) is 10.5. The Kier molecular flexibility index (Phi) is 6.44. The molecule has 5 heteroatoms. The van der Waals surface area contributed by atoms with Crippen LogP contribution in [-0.4, -0.2) is 21.1 Å². The topological polar surface area (TPSA) is 61.0 Å². The molecule has 3 heterocycles. The molecule has 11 rings (SSSR count). The summed E-state index contributed by atoms with van der Waals surface area (Å²) in [4.78, 5) is 15.5. The van der Waals surface area contributed by atoms with E-state index >= 15 is 0 Å². The first-order valence-corrected chi connectivity index (χ1v) is 17.9. The number of benzene rings is 6. The van der Waals surface area contributed by atoms with Crippen LogP contribution in [0.2, 0.25) is 0 Å². The Bertz CT molecular complexity index is 2840. The summed E-state index contributed by atoms with van der Waals surface area (Å²) in [5, 5.41) is 5.91. The molecule has 6 aromatic carbocycles. The molecule has 0 saturated heterocycles. The molecule has 2 atom stereocenters. The maximum atomic E-state index is 6.51. The van der Waals surface area contributed by atoms with Gasteiger partial charge in [-0.1, -0.05) is 127 Å². The van der Waals surface area contributed by atoms with Crippen molar-refractivity contribution < 1.29 is 9.15 Å². The lowest BCUT2D eigenvalue weighted by Gasteiger charge is -2.23. The first-order valence-electron chi connectivity index (χ1n) is 17.9. The van der Waals surface area contributed by atoms with Crippen LogP contribution in [0.25, 0.3) is 66.4 Å². The van der Waals surface area contributed by atoms with Crippen LogP contribution in [0.15, 0.2) is 156 Å². The highest BCUT2D eigenvalue weighted by molar-refractivity contribution is 6.08. The predicted octanol–water partition coefficient (Wildman–Crippen LogP) is 11.1. The van der Waals surface area contributed by atoms with Crippen molar-refractivity contribution in [1.82, 2.24) is 15.0 Å². The first-order chi connectivity index (χ1) is 25.7. The quantitative estimate of drug-likeness (QED) is 0.175. The predicted molar refractivity (Wildman–Crippen MR) is 208 cm³/mol. The van der Waals surface area contributed by atoms with E-state index in [1.54, 1.807) is 0 Å². The molecule has 2 aromatic heterocycles. The van der Waals surface area contributed by atoms with Crippen LogP contribution in [0, 0.1) is 0 Å². The van der Waals surface area contributed by atoms with Crippen LogP contribution in [-0.2, 0) is 6.42 Å². The molecule has 0 bridgehead atoms. The molecule has 0 spiro atoms.